The minimum atomic E-state index is -0.176. The van der Waals surface area contributed by atoms with E-state index >= 15 is 0 Å². The van der Waals surface area contributed by atoms with Crippen LogP contribution >= 0.6 is 31.9 Å². The summed E-state index contributed by atoms with van der Waals surface area (Å²) in [4.78, 5) is 19.3. The molecule has 2 heterocycles. The first-order valence-corrected chi connectivity index (χ1v) is 11.6. The van der Waals surface area contributed by atoms with E-state index in [9.17, 15) is 4.79 Å². The summed E-state index contributed by atoms with van der Waals surface area (Å²) in [5.41, 5.74) is 2.14. The molecule has 1 aliphatic carbocycles. The molecule has 1 aliphatic rings. The maximum absolute atomic E-state index is 12.4. The zero-order chi connectivity index (χ0) is 21.3. The Morgan fingerprint density at radius 1 is 1.10 bits per heavy atom. The third-order valence-electron chi connectivity index (χ3n) is 5.46. The Morgan fingerprint density at radius 2 is 1.80 bits per heavy atom. The molecular weight excluding hydrogens is 512 g/mol. The van der Waals surface area contributed by atoms with Gasteiger partial charge in [0.15, 0.2) is 10.4 Å². The molecule has 8 heteroatoms. The number of amides is 1. The van der Waals surface area contributed by atoms with Crippen LogP contribution in [0.1, 0.15) is 36.2 Å². The lowest BCUT2D eigenvalue weighted by atomic mass is 9.91. The van der Waals surface area contributed by atoms with Crippen LogP contribution in [0.4, 0.5) is 11.5 Å². The summed E-state index contributed by atoms with van der Waals surface area (Å²) >= 11 is 6.61. The van der Waals surface area contributed by atoms with Crippen LogP contribution in [-0.4, -0.2) is 37.1 Å². The number of pyridine rings is 1. The van der Waals surface area contributed by atoms with Crippen LogP contribution < -0.4 is 15.5 Å². The molecule has 1 fully saturated rings. The van der Waals surface area contributed by atoms with E-state index < -0.39 is 0 Å². The van der Waals surface area contributed by atoms with Gasteiger partial charge in [-0.1, -0.05) is 18.2 Å². The fraction of sp³-hybridized carbons (Fsp3) is 0.364. The Morgan fingerprint density at radius 3 is 2.47 bits per heavy atom. The van der Waals surface area contributed by atoms with Crippen molar-refractivity contribution in [2.24, 2.45) is 0 Å². The minimum Gasteiger partial charge on any atom is -0.443 e. The van der Waals surface area contributed by atoms with Crippen molar-refractivity contribution in [1.29, 1.82) is 0 Å². The van der Waals surface area contributed by atoms with Gasteiger partial charge in [-0.2, -0.15) is 0 Å². The monoisotopic (exact) mass is 534 g/mol. The van der Waals surface area contributed by atoms with E-state index in [0.717, 1.165) is 52.6 Å². The summed E-state index contributed by atoms with van der Waals surface area (Å²) in [7, 11) is 4.10. The van der Waals surface area contributed by atoms with Gasteiger partial charge in [-0.15, -0.1) is 0 Å². The van der Waals surface area contributed by atoms with E-state index in [1.807, 2.05) is 18.2 Å². The molecule has 0 saturated heterocycles. The van der Waals surface area contributed by atoms with Gasteiger partial charge in [-0.05, 0) is 63.6 Å². The molecule has 30 heavy (non-hydrogen) atoms. The molecule has 1 aromatic carbocycles. The maximum atomic E-state index is 12.4. The van der Waals surface area contributed by atoms with E-state index in [1.54, 1.807) is 6.07 Å². The lowest BCUT2D eigenvalue weighted by Gasteiger charge is -2.30. The second-order valence-corrected chi connectivity index (χ2v) is 9.41. The molecule has 3 aromatic rings. The number of benzene rings is 1. The predicted molar refractivity (Wildman–Crippen MR) is 127 cm³/mol. The molecule has 0 aliphatic heterocycles. The third-order valence-corrected chi connectivity index (χ3v) is 7.17. The van der Waals surface area contributed by atoms with Crippen LogP contribution in [0.2, 0.25) is 0 Å². The zero-order valence-corrected chi connectivity index (χ0v) is 20.1. The van der Waals surface area contributed by atoms with Crippen molar-refractivity contribution in [3.8, 4) is 0 Å². The summed E-state index contributed by atoms with van der Waals surface area (Å²) in [5.74, 6) is 1.03. The Hall–Kier alpha value is -2.06. The predicted octanol–water partition coefficient (Wildman–Crippen LogP) is 5.57. The topological polar surface area (TPSA) is 70.4 Å². The summed E-state index contributed by atoms with van der Waals surface area (Å²) in [6.45, 7) is 0. The fourth-order valence-electron chi connectivity index (χ4n) is 3.91. The first-order chi connectivity index (χ1) is 14.4. The van der Waals surface area contributed by atoms with E-state index in [1.165, 1.54) is 0 Å². The molecule has 0 atom stereocenters. The van der Waals surface area contributed by atoms with Gasteiger partial charge in [0.2, 0.25) is 0 Å². The third kappa shape index (κ3) is 4.64. The lowest BCUT2D eigenvalue weighted by Crippen LogP contribution is -2.40. The highest BCUT2D eigenvalue weighted by Gasteiger charge is 2.24. The van der Waals surface area contributed by atoms with Crippen molar-refractivity contribution < 1.29 is 9.21 Å². The molecule has 1 amide bonds. The molecule has 0 spiro atoms. The van der Waals surface area contributed by atoms with Crippen molar-refractivity contribution in [1.82, 2.24) is 10.3 Å². The summed E-state index contributed by atoms with van der Waals surface area (Å²) in [5, 5.41) is 7.84. The minimum absolute atomic E-state index is 0.153. The van der Waals surface area contributed by atoms with E-state index in [0.29, 0.717) is 16.5 Å². The van der Waals surface area contributed by atoms with Crippen molar-refractivity contribution in [3.63, 3.8) is 0 Å². The van der Waals surface area contributed by atoms with Crippen molar-refractivity contribution in [2.75, 3.05) is 24.3 Å². The van der Waals surface area contributed by atoms with Gasteiger partial charge in [-0.3, -0.25) is 4.79 Å². The second kappa shape index (κ2) is 8.98. The average Bonchev–Trinajstić information content (AvgIpc) is 3.07. The van der Waals surface area contributed by atoms with E-state index in [-0.39, 0.29) is 11.9 Å². The second-order valence-electron chi connectivity index (χ2n) is 7.84. The summed E-state index contributed by atoms with van der Waals surface area (Å²) < 4.78 is 6.68. The number of furan rings is 1. The molecule has 6 nitrogen and oxygen atoms in total. The largest absolute Gasteiger partial charge is 0.443 e. The summed E-state index contributed by atoms with van der Waals surface area (Å²) in [6, 6.07) is 12.5. The number of anilines is 2. The highest BCUT2D eigenvalue weighted by atomic mass is 79.9. The highest BCUT2D eigenvalue weighted by molar-refractivity contribution is 9.13. The smallest absolute Gasteiger partial charge is 0.287 e. The molecule has 4 rings (SSSR count). The standard InChI is InChI=1S/C22H24Br2N4O2/c1-28(2)18-12-20(27-17-6-4-3-5-15(17)18)25-13-7-9-14(10-8-13)26-22(29)19-11-16(23)21(24)30-19/h3-6,11-14H,7-10H2,1-2H3,(H,25,27)(H,26,29)/t13-,14+. The number of aromatic nitrogens is 1. The van der Waals surface area contributed by atoms with Gasteiger partial charge < -0.3 is 20.0 Å². The van der Waals surface area contributed by atoms with Crippen molar-refractivity contribution in [3.05, 3.63) is 51.3 Å². The van der Waals surface area contributed by atoms with Gasteiger partial charge in [0.25, 0.3) is 5.91 Å². The maximum Gasteiger partial charge on any atom is 0.287 e. The van der Waals surface area contributed by atoms with Gasteiger partial charge in [0, 0.05) is 49.4 Å². The van der Waals surface area contributed by atoms with Crippen LogP contribution in [0.5, 0.6) is 0 Å². The Labute approximate surface area is 192 Å². The Balaban J connectivity index is 1.37. The number of carbonyl (C=O) groups excluding carboxylic acids is 1. The first kappa shape index (κ1) is 21.2. The Kier molecular flexibility index (Phi) is 6.34. The number of halogens is 2. The van der Waals surface area contributed by atoms with Crippen LogP contribution in [0.15, 0.2) is 50.0 Å². The summed E-state index contributed by atoms with van der Waals surface area (Å²) in [6.07, 6.45) is 3.78. The van der Waals surface area contributed by atoms with Crippen LogP contribution in [0, 0.1) is 0 Å². The first-order valence-electron chi connectivity index (χ1n) is 10.00. The van der Waals surface area contributed by atoms with Crippen LogP contribution in [0.25, 0.3) is 10.9 Å². The van der Waals surface area contributed by atoms with Gasteiger partial charge in [-0.25, -0.2) is 4.98 Å². The van der Waals surface area contributed by atoms with Crippen molar-refractivity contribution >= 4 is 60.2 Å². The normalized spacial score (nSPS) is 18.9. The fourth-order valence-corrected chi connectivity index (χ4v) is 4.48. The quantitative estimate of drug-likeness (QED) is 0.446. The van der Waals surface area contributed by atoms with Crippen molar-refractivity contribution in [2.45, 2.75) is 37.8 Å². The van der Waals surface area contributed by atoms with E-state index in [2.05, 4.69) is 73.6 Å². The molecule has 2 aromatic heterocycles. The number of hydrogen-bond donors (Lipinski definition) is 2. The number of para-hydroxylation sites is 1. The molecule has 1 saturated carbocycles. The van der Waals surface area contributed by atoms with Crippen LogP contribution in [0.3, 0.4) is 0 Å². The van der Waals surface area contributed by atoms with Gasteiger partial charge >= 0.3 is 0 Å². The number of nitrogens with zero attached hydrogens (tertiary/aromatic N) is 2. The number of carbonyl (C=O) groups is 1. The van der Waals surface area contributed by atoms with Gasteiger partial charge in [0.05, 0.1) is 9.99 Å². The number of nitrogens with one attached hydrogen (secondary N) is 2. The lowest BCUT2D eigenvalue weighted by molar-refractivity contribution is 0.0897. The molecule has 0 radical (unpaired) electrons. The number of hydrogen-bond acceptors (Lipinski definition) is 5. The molecule has 0 bridgehead atoms. The number of fused-ring (bicyclic) bond motifs is 1. The zero-order valence-electron chi connectivity index (χ0n) is 16.9. The van der Waals surface area contributed by atoms with E-state index in [4.69, 9.17) is 9.40 Å². The molecule has 158 valence electrons. The molecular formula is C22H24Br2N4O2. The van der Waals surface area contributed by atoms with Crippen LogP contribution in [-0.2, 0) is 0 Å². The SMILES string of the molecule is CN(C)c1cc(N[C@H]2CC[C@@H](NC(=O)c3cc(Br)c(Br)o3)CC2)nc2ccccc12. The molecule has 0 unspecified atom stereocenters. The Bertz CT molecular complexity index is 1040. The average molecular weight is 536 g/mol. The highest BCUT2D eigenvalue weighted by Crippen LogP contribution is 2.30. The number of rotatable bonds is 5. The molecule has 2 N–H and O–H groups in total. The van der Waals surface area contributed by atoms with Gasteiger partial charge in [0.1, 0.15) is 5.82 Å².